The Balaban J connectivity index is 1.41. The Labute approximate surface area is 199 Å². The summed E-state index contributed by atoms with van der Waals surface area (Å²) < 4.78 is 39.2. The zero-order valence-electron chi connectivity index (χ0n) is 16.2. The lowest BCUT2D eigenvalue weighted by atomic mass is 10.1. The predicted octanol–water partition coefficient (Wildman–Crippen LogP) is 6.28. The highest BCUT2D eigenvalue weighted by Gasteiger charge is 2.33. The second kappa shape index (κ2) is 9.24. The zero-order valence-corrected chi connectivity index (χ0v) is 20.1. The van der Waals surface area contributed by atoms with Crippen LogP contribution in [0.5, 0.6) is 0 Å². The molecule has 2 heterocycles. The second-order valence-corrected chi connectivity index (χ2v) is 11.6. The smallest absolute Gasteiger partial charge is 0.185 e. The lowest BCUT2D eigenvalue weighted by Crippen LogP contribution is -2.39. The third-order valence-corrected chi connectivity index (χ3v) is 9.69. The molecule has 31 heavy (non-hydrogen) atoms. The van der Waals surface area contributed by atoms with E-state index in [9.17, 15) is 12.8 Å². The molecule has 0 unspecified atom stereocenters. The van der Waals surface area contributed by atoms with Gasteiger partial charge < -0.3 is 4.90 Å². The van der Waals surface area contributed by atoms with Crippen molar-refractivity contribution in [3.63, 3.8) is 0 Å². The third-order valence-electron chi connectivity index (χ3n) is 5.26. The van der Waals surface area contributed by atoms with E-state index >= 15 is 0 Å². The van der Waals surface area contributed by atoms with Crippen LogP contribution in [0.2, 0.25) is 15.1 Å². The molecule has 0 atom stereocenters. The Bertz CT molecular complexity index is 1210. The van der Waals surface area contributed by atoms with Crippen LogP contribution >= 0.6 is 46.1 Å². The van der Waals surface area contributed by atoms with Crippen molar-refractivity contribution < 1.29 is 12.8 Å². The first-order valence-electron chi connectivity index (χ1n) is 9.56. The molecule has 1 aliphatic rings. The number of thiazole rings is 1. The van der Waals surface area contributed by atoms with E-state index in [-0.39, 0.29) is 9.92 Å². The number of aromatic nitrogens is 1. The molecule has 1 aromatic heterocycles. The van der Waals surface area contributed by atoms with Crippen LogP contribution in [0.4, 0.5) is 9.52 Å². The molecule has 1 fully saturated rings. The average molecular weight is 520 g/mol. The van der Waals surface area contributed by atoms with Crippen LogP contribution < -0.4 is 4.90 Å². The molecule has 0 amide bonds. The second-order valence-electron chi connectivity index (χ2n) is 7.35. The molecule has 0 radical (unpaired) electrons. The van der Waals surface area contributed by atoms with Gasteiger partial charge in [0.2, 0.25) is 0 Å². The average Bonchev–Trinajstić information content (AvgIpc) is 3.19. The normalized spacial score (nSPS) is 15.4. The highest BCUT2D eigenvalue weighted by Crippen LogP contribution is 2.32. The monoisotopic (exact) mass is 518 g/mol. The van der Waals surface area contributed by atoms with Gasteiger partial charge in [0, 0.05) is 24.9 Å². The third kappa shape index (κ3) is 5.01. The molecular weight excluding hydrogens is 502 g/mol. The summed E-state index contributed by atoms with van der Waals surface area (Å²) in [6.45, 7) is 1.14. The minimum Gasteiger partial charge on any atom is -0.348 e. The highest BCUT2D eigenvalue weighted by molar-refractivity contribution is 7.92. The van der Waals surface area contributed by atoms with Crippen LogP contribution in [0.1, 0.15) is 24.1 Å². The first-order valence-corrected chi connectivity index (χ1v) is 13.1. The number of hydrogen-bond acceptors (Lipinski definition) is 5. The SMILES string of the molecule is O=S(=O)(c1ccc(F)cc1Cl)C1CCN(c2nc(Cc3ccc(Cl)c(Cl)c3)cs2)CC1. The van der Waals surface area contributed by atoms with Gasteiger partial charge in [-0.05, 0) is 48.7 Å². The molecule has 3 aromatic rings. The van der Waals surface area contributed by atoms with Crippen molar-refractivity contribution in [2.45, 2.75) is 29.4 Å². The number of halogens is 4. The molecule has 0 spiro atoms. The molecule has 0 aliphatic carbocycles. The summed E-state index contributed by atoms with van der Waals surface area (Å²) in [5, 5.41) is 3.27. The van der Waals surface area contributed by atoms with Crippen LogP contribution in [0.25, 0.3) is 0 Å². The number of anilines is 1. The Kier molecular flexibility index (Phi) is 6.79. The van der Waals surface area contributed by atoms with Crippen molar-refractivity contribution in [3.05, 3.63) is 73.9 Å². The fraction of sp³-hybridized carbons (Fsp3) is 0.286. The maximum absolute atomic E-state index is 13.3. The van der Waals surface area contributed by atoms with E-state index < -0.39 is 20.9 Å². The minimum absolute atomic E-state index is 0.00724. The lowest BCUT2D eigenvalue weighted by Gasteiger charge is -2.31. The van der Waals surface area contributed by atoms with Crippen LogP contribution in [-0.4, -0.2) is 31.7 Å². The summed E-state index contributed by atoms with van der Waals surface area (Å²) in [6.07, 6.45) is 1.55. The fourth-order valence-corrected chi connectivity index (χ4v) is 7.09. The largest absolute Gasteiger partial charge is 0.348 e. The molecule has 10 heteroatoms. The van der Waals surface area contributed by atoms with Gasteiger partial charge in [0.1, 0.15) is 5.82 Å². The van der Waals surface area contributed by atoms with Crippen molar-refractivity contribution in [2.24, 2.45) is 0 Å². The van der Waals surface area contributed by atoms with Gasteiger partial charge in [-0.1, -0.05) is 40.9 Å². The van der Waals surface area contributed by atoms with E-state index in [2.05, 4.69) is 4.90 Å². The summed E-state index contributed by atoms with van der Waals surface area (Å²) in [7, 11) is -3.62. The van der Waals surface area contributed by atoms with Gasteiger partial charge in [0.25, 0.3) is 0 Å². The zero-order chi connectivity index (χ0) is 22.2. The standard InChI is InChI=1S/C21H18Cl3FN2O2S2/c22-17-3-1-13(10-18(17)23)9-15-12-30-21(26-15)27-7-5-16(6-8-27)31(28,29)20-4-2-14(25)11-19(20)24/h1-4,10-12,16H,5-9H2. The lowest BCUT2D eigenvalue weighted by molar-refractivity contribution is 0.529. The molecule has 4 rings (SSSR count). The number of hydrogen-bond donors (Lipinski definition) is 0. The van der Waals surface area contributed by atoms with Gasteiger partial charge in [-0.3, -0.25) is 0 Å². The van der Waals surface area contributed by atoms with Gasteiger partial charge >= 0.3 is 0 Å². The molecule has 4 nitrogen and oxygen atoms in total. The van der Waals surface area contributed by atoms with Crippen LogP contribution in [0, 0.1) is 5.82 Å². The Morgan fingerprint density at radius 2 is 1.77 bits per heavy atom. The number of nitrogens with zero attached hydrogens (tertiary/aromatic N) is 2. The summed E-state index contributed by atoms with van der Waals surface area (Å²) in [5.74, 6) is -0.556. The van der Waals surface area contributed by atoms with E-state index in [1.54, 1.807) is 6.07 Å². The summed E-state index contributed by atoms with van der Waals surface area (Å²) in [6, 6.07) is 8.93. The maximum Gasteiger partial charge on any atom is 0.185 e. The van der Waals surface area contributed by atoms with E-state index in [1.165, 1.54) is 17.4 Å². The van der Waals surface area contributed by atoms with E-state index in [1.807, 2.05) is 17.5 Å². The summed E-state index contributed by atoms with van der Waals surface area (Å²) in [5.41, 5.74) is 1.94. The molecule has 0 saturated carbocycles. The van der Waals surface area contributed by atoms with E-state index in [0.29, 0.717) is 42.4 Å². The first-order chi connectivity index (χ1) is 14.7. The van der Waals surface area contributed by atoms with Crippen molar-refractivity contribution in [1.29, 1.82) is 0 Å². The van der Waals surface area contributed by atoms with Gasteiger partial charge in [0.15, 0.2) is 15.0 Å². The van der Waals surface area contributed by atoms with Gasteiger partial charge in [0.05, 0.1) is 30.9 Å². The Morgan fingerprint density at radius 3 is 2.45 bits per heavy atom. The summed E-state index contributed by atoms with van der Waals surface area (Å²) in [4.78, 5) is 6.80. The Hall–Kier alpha value is -1.38. The highest BCUT2D eigenvalue weighted by atomic mass is 35.5. The molecule has 1 aliphatic heterocycles. The molecule has 0 N–H and O–H groups in total. The van der Waals surface area contributed by atoms with Crippen molar-refractivity contribution in [1.82, 2.24) is 4.98 Å². The topological polar surface area (TPSA) is 50.3 Å². The maximum atomic E-state index is 13.3. The fourth-order valence-electron chi connectivity index (χ4n) is 3.62. The first kappa shape index (κ1) is 22.8. The van der Waals surface area contributed by atoms with Crippen LogP contribution in [0.15, 0.2) is 46.7 Å². The van der Waals surface area contributed by atoms with Crippen molar-refractivity contribution >= 4 is 61.1 Å². The molecule has 0 bridgehead atoms. The van der Waals surface area contributed by atoms with Crippen LogP contribution in [-0.2, 0) is 16.3 Å². The van der Waals surface area contributed by atoms with Crippen molar-refractivity contribution in [2.75, 3.05) is 18.0 Å². The number of sulfone groups is 1. The number of benzene rings is 2. The minimum atomic E-state index is -3.62. The number of rotatable bonds is 5. The van der Waals surface area contributed by atoms with E-state index in [0.717, 1.165) is 28.5 Å². The van der Waals surface area contributed by atoms with Gasteiger partial charge in [-0.2, -0.15) is 0 Å². The predicted molar refractivity (Wildman–Crippen MR) is 125 cm³/mol. The molecule has 1 saturated heterocycles. The van der Waals surface area contributed by atoms with Gasteiger partial charge in [-0.25, -0.2) is 17.8 Å². The molecule has 2 aromatic carbocycles. The van der Waals surface area contributed by atoms with Gasteiger partial charge in [-0.15, -0.1) is 11.3 Å². The number of piperidine rings is 1. The Morgan fingerprint density at radius 1 is 1.03 bits per heavy atom. The molecule has 164 valence electrons. The summed E-state index contributed by atoms with van der Waals surface area (Å²) >= 11 is 19.6. The van der Waals surface area contributed by atoms with Crippen LogP contribution in [0.3, 0.4) is 0 Å². The van der Waals surface area contributed by atoms with Crippen molar-refractivity contribution in [3.8, 4) is 0 Å². The quantitative estimate of drug-likeness (QED) is 0.373. The van der Waals surface area contributed by atoms with E-state index in [4.69, 9.17) is 39.8 Å². The molecular formula is C21H18Cl3FN2O2S2.